The highest BCUT2D eigenvalue weighted by Gasteiger charge is 2.19. The molecule has 0 aliphatic carbocycles. The van der Waals surface area contributed by atoms with Crippen LogP contribution in [0.15, 0.2) is 28.9 Å². The molecule has 16 heavy (non-hydrogen) atoms. The predicted molar refractivity (Wildman–Crippen MR) is 63.2 cm³/mol. The third kappa shape index (κ3) is 1.74. The van der Waals surface area contributed by atoms with Gasteiger partial charge < -0.3 is 10.2 Å². The quantitative estimate of drug-likeness (QED) is 0.839. The fourth-order valence-corrected chi connectivity index (χ4v) is 1.99. The number of aryl methyl sites for hydroxylation is 2. The first-order valence-corrected chi connectivity index (χ1v) is 5.33. The Morgan fingerprint density at radius 2 is 2.00 bits per heavy atom. The van der Waals surface area contributed by atoms with E-state index < -0.39 is 0 Å². The van der Waals surface area contributed by atoms with Crippen molar-refractivity contribution in [3.8, 4) is 0 Å². The zero-order chi connectivity index (χ0) is 11.7. The standard InChI is InChI=1S/C13H16N2O/c1-8-9(2)16-10(3)12(8)13(14)11-5-4-6-15-7-11/h4-7,13H,14H2,1-3H3. The number of pyridine rings is 1. The van der Waals surface area contributed by atoms with Gasteiger partial charge in [-0.2, -0.15) is 0 Å². The van der Waals surface area contributed by atoms with Crippen LogP contribution in [0.2, 0.25) is 0 Å². The van der Waals surface area contributed by atoms with Crippen LogP contribution in [0.5, 0.6) is 0 Å². The Bertz CT molecular complexity index is 488. The van der Waals surface area contributed by atoms with E-state index in [2.05, 4.69) is 4.98 Å². The van der Waals surface area contributed by atoms with Gasteiger partial charge in [-0.3, -0.25) is 4.98 Å². The van der Waals surface area contributed by atoms with Crippen LogP contribution < -0.4 is 5.73 Å². The fraction of sp³-hybridized carbons (Fsp3) is 0.308. The van der Waals surface area contributed by atoms with E-state index in [0.29, 0.717) is 0 Å². The summed E-state index contributed by atoms with van der Waals surface area (Å²) in [5.74, 6) is 1.83. The molecule has 0 aliphatic rings. The predicted octanol–water partition coefficient (Wildman–Crippen LogP) is 2.65. The lowest BCUT2D eigenvalue weighted by molar-refractivity contribution is 0.498. The van der Waals surface area contributed by atoms with Gasteiger partial charge in [0.15, 0.2) is 0 Å². The zero-order valence-electron chi connectivity index (χ0n) is 9.82. The van der Waals surface area contributed by atoms with Crippen LogP contribution in [0.25, 0.3) is 0 Å². The molecule has 0 saturated heterocycles. The molecule has 1 atom stereocenters. The average Bonchev–Trinajstić information content (AvgIpc) is 2.54. The van der Waals surface area contributed by atoms with Gasteiger partial charge in [-0.05, 0) is 38.0 Å². The maximum absolute atomic E-state index is 6.23. The van der Waals surface area contributed by atoms with Crippen LogP contribution in [0.4, 0.5) is 0 Å². The van der Waals surface area contributed by atoms with E-state index in [0.717, 1.165) is 28.2 Å². The van der Waals surface area contributed by atoms with E-state index in [-0.39, 0.29) is 6.04 Å². The molecule has 1 unspecified atom stereocenters. The Morgan fingerprint density at radius 1 is 1.25 bits per heavy atom. The molecule has 0 saturated carbocycles. The number of hydrogen-bond donors (Lipinski definition) is 1. The minimum Gasteiger partial charge on any atom is -0.466 e. The molecular weight excluding hydrogens is 200 g/mol. The molecule has 2 aromatic rings. The number of hydrogen-bond acceptors (Lipinski definition) is 3. The highest BCUT2D eigenvalue weighted by molar-refractivity contribution is 5.39. The van der Waals surface area contributed by atoms with Crippen LogP contribution in [0, 0.1) is 20.8 Å². The maximum atomic E-state index is 6.23. The molecule has 0 spiro atoms. The van der Waals surface area contributed by atoms with Gasteiger partial charge >= 0.3 is 0 Å². The molecule has 2 N–H and O–H groups in total. The second kappa shape index (κ2) is 4.10. The molecule has 2 rings (SSSR count). The first kappa shape index (κ1) is 10.9. The average molecular weight is 216 g/mol. The SMILES string of the molecule is Cc1oc(C)c(C(N)c2cccnc2)c1C. The highest BCUT2D eigenvalue weighted by atomic mass is 16.3. The van der Waals surface area contributed by atoms with Crippen molar-refractivity contribution in [2.45, 2.75) is 26.8 Å². The molecular formula is C13H16N2O. The summed E-state index contributed by atoms with van der Waals surface area (Å²) >= 11 is 0. The summed E-state index contributed by atoms with van der Waals surface area (Å²) in [5.41, 5.74) is 9.45. The maximum Gasteiger partial charge on any atom is 0.106 e. The van der Waals surface area contributed by atoms with E-state index >= 15 is 0 Å². The minimum absolute atomic E-state index is 0.161. The van der Waals surface area contributed by atoms with Crippen molar-refractivity contribution in [2.75, 3.05) is 0 Å². The van der Waals surface area contributed by atoms with Gasteiger partial charge in [-0.1, -0.05) is 6.07 Å². The Labute approximate surface area is 95.3 Å². The topological polar surface area (TPSA) is 52.0 Å². The first-order chi connectivity index (χ1) is 7.61. The van der Waals surface area contributed by atoms with E-state index in [9.17, 15) is 0 Å². The minimum atomic E-state index is -0.161. The summed E-state index contributed by atoms with van der Waals surface area (Å²) < 4.78 is 5.59. The zero-order valence-corrected chi connectivity index (χ0v) is 9.82. The molecule has 0 amide bonds. The van der Waals surface area contributed by atoms with Crippen LogP contribution in [-0.4, -0.2) is 4.98 Å². The smallest absolute Gasteiger partial charge is 0.106 e. The van der Waals surface area contributed by atoms with Crippen molar-refractivity contribution in [2.24, 2.45) is 5.73 Å². The Hall–Kier alpha value is -1.61. The van der Waals surface area contributed by atoms with E-state index in [1.807, 2.05) is 32.9 Å². The molecule has 3 nitrogen and oxygen atoms in total. The largest absolute Gasteiger partial charge is 0.466 e. The van der Waals surface area contributed by atoms with Crippen molar-refractivity contribution in [1.82, 2.24) is 4.98 Å². The number of nitrogens with zero attached hydrogens (tertiary/aromatic N) is 1. The summed E-state index contributed by atoms with van der Waals surface area (Å²) in [6, 6.07) is 3.72. The lowest BCUT2D eigenvalue weighted by atomic mass is 9.97. The van der Waals surface area contributed by atoms with Gasteiger partial charge in [0.25, 0.3) is 0 Å². The second-order valence-corrected chi connectivity index (χ2v) is 4.02. The molecule has 0 radical (unpaired) electrons. The Morgan fingerprint density at radius 3 is 2.50 bits per heavy atom. The van der Waals surface area contributed by atoms with Gasteiger partial charge in [0, 0.05) is 18.0 Å². The summed E-state index contributed by atoms with van der Waals surface area (Å²) in [6.45, 7) is 5.95. The van der Waals surface area contributed by atoms with Gasteiger partial charge in [0.2, 0.25) is 0 Å². The van der Waals surface area contributed by atoms with Gasteiger partial charge in [-0.25, -0.2) is 0 Å². The fourth-order valence-electron chi connectivity index (χ4n) is 1.99. The Balaban J connectivity index is 2.45. The monoisotopic (exact) mass is 216 g/mol. The summed E-state index contributed by atoms with van der Waals surface area (Å²) in [4.78, 5) is 4.09. The van der Waals surface area contributed by atoms with Crippen molar-refractivity contribution in [1.29, 1.82) is 0 Å². The van der Waals surface area contributed by atoms with Crippen molar-refractivity contribution in [3.05, 3.63) is 52.7 Å². The third-order valence-electron chi connectivity index (χ3n) is 2.97. The molecule has 3 heteroatoms. The van der Waals surface area contributed by atoms with Gasteiger partial charge in [0.1, 0.15) is 11.5 Å². The van der Waals surface area contributed by atoms with Crippen LogP contribution in [-0.2, 0) is 0 Å². The lowest BCUT2D eigenvalue weighted by Gasteiger charge is -2.11. The van der Waals surface area contributed by atoms with Gasteiger partial charge in [-0.15, -0.1) is 0 Å². The molecule has 84 valence electrons. The first-order valence-electron chi connectivity index (χ1n) is 5.33. The Kier molecular flexibility index (Phi) is 2.79. The van der Waals surface area contributed by atoms with Crippen LogP contribution in [0.3, 0.4) is 0 Å². The molecule has 0 bridgehead atoms. The molecule has 0 aliphatic heterocycles. The van der Waals surface area contributed by atoms with E-state index in [1.165, 1.54) is 0 Å². The normalized spacial score (nSPS) is 12.8. The third-order valence-corrected chi connectivity index (χ3v) is 2.97. The highest BCUT2D eigenvalue weighted by Crippen LogP contribution is 2.29. The molecule has 0 aromatic carbocycles. The van der Waals surface area contributed by atoms with E-state index in [1.54, 1.807) is 12.4 Å². The van der Waals surface area contributed by atoms with Gasteiger partial charge in [0.05, 0.1) is 6.04 Å². The summed E-state index contributed by atoms with van der Waals surface area (Å²) in [7, 11) is 0. The number of aromatic nitrogens is 1. The summed E-state index contributed by atoms with van der Waals surface area (Å²) in [6.07, 6.45) is 3.54. The number of nitrogens with two attached hydrogens (primary N) is 1. The van der Waals surface area contributed by atoms with Crippen molar-refractivity contribution in [3.63, 3.8) is 0 Å². The van der Waals surface area contributed by atoms with Crippen molar-refractivity contribution < 1.29 is 4.42 Å². The molecule has 0 fully saturated rings. The van der Waals surface area contributed by atoms with E-state index in [4.69, 9.17) is 10.2 Å². The number of rotatable bonds is 2. The second-order valence-electron chi connectivity index (χ2n) is 4.02. The summed E-state index contributed by atoms with van der Waals surface area (Å²) in [5, 5.41) is 0. The van der Waals surface area contributed by atoms with Crippen molar-refractivity contribution >= 4 is 0 Å². The van der Waals surface area contributed by atoms with Crippen LogP contribution in [0.1, 0.15) is 34.3 Å². The molecule has 2 aromatic heterocycles. The number of furan rings is 1. The molecule has 2 heterocycles. The lowest BCUT2D eigenvalue weighted by Crippen LogP contribution is -2.13. The van der Waals surface area contributed by atoms with Crippen LogP contribution >= 0.6 is 0 Å².